The van der Waals surface area contributed by atoms with Crippen LogP contribution in [0, 0.1) is 29.6 Å². The van der Waals surface area contributed by atoms with E-state index in [4.69, 9.17) is 10.1 Å². The molecule has 1 N–H and O–H groups in total. The van der Waals surface area contributed by atoms with Crippen LogP contribution in [0.2, 0.25) is 0 Å². The number of hydrogen-bond donors (Lipinski definition) is 1. The number of hydrogen-bond acceptors (Lipinski definition) is 2. The Balaban J connectivity index is 3.03. The van der Waals surface area contributed by atoms with E-state index in [0.717, 1.165) is 11.1 Å². The first kappa shape index (κ1) is 13.3. The molecule has 1 rings (SSSR count). The molecule has 1 aromatic rings. The van der Waals surface area contributed by atoms with Crippen molar-refractivity contribution in [2.75, 3.05) is 0 Å². The largest absolute Gasteiger partial charge is 0.444 e. The Morgan fingerprint density at radius 1 is 1.29 bits per heavy atom. The Bertz CT molecular complexity index is 484. The topological polar surface area (TPSA) is 33.1 Å². The van der Waals surface area contributed by atoms with E-state index in [2.05, 4.69) is 32.6 Å². The van der Waals surface area contributed by atoms with Gasteiger partial charge in [0.2, 0.25) is 0 Å². The van der Waals surface area contributed by atoms with Crippen LogP contribution in [0.1, 0.15) is 38.8 Å². The fourth-order valence-electron chi connectivity index (χ4n) is 1.21. The molecule has 0 amide bonds. The van der Waals surface area contributed by atoms with Gasteiger partial charge in [-0.1, -0.05) is 17.9 Å². The van der Waals surface area contributed by atoms with Gasteiger partial charge < -0.3 is 4.74 Å². The fraction of sp³-hybridized carbons (Fsp3) is 0.400. The lowest BCUT2D eigenvalue weighted by atomic mass is 9.97. The van der Waals surface area contributed by atoms with E-state index in [1.807, 2.05) is 25.1 Å². The van der Waals surface area contributed by atoms with Crippen LogP contribution in [-0.4, -0.2) is 5.90 Å². The molecular weight excluding hydrogens is 210 g/mol. The summed E-state index contributed by atoms with van der Waals surface area (Å²) in [6, 6.07) is 5.82. The molecular formula is C15H19NO. The summed E-state index contributed by atoms with van der Waals surface area (Å²) in [5, 5.41) is 7.34. The van der Waals surface area contributed by atoms with Crippen LogP contribution in [-0.2, 0) is 0 Å². The molecule has 0 spiro atoms. The van der Waals surface area contributed by atoms with Gasteiger partial charge in [0.15, 0.2) is 5.90 Å². The zero-order valence-electron chi connectivity index (χ0n) is 11.1. The minimum Gasteiger partial charge on any atom is -0.444 e. The zero-order chi connectivity index (χ0) is 13.1. The first-order valence-corrected chi connectivity index (χ1v) is 5.65. The number of benzene rings is 1. The maximum Gasteiger partial charge on any atom is 0.184 e. The molecule has 0 fully saturated rings. The lowest BCUT2D eigenvalue weighted by molar-refractivity contribution is 0.537. The summed E-state index contributed by atoms with van der Waals surface area (Å²) in [6.07, 6.45) is 0. The third-order valence-electron chi connectivity index (χ3n) is 2.03. The van der Waals surface area contributed by atoms with Crippen LogP contribution in [0.15, 0.2) is 18.2 Å². The Hall–Kier alpha value is -1.75. The van der Waals surface area contributed by atoms with E-state index in [1.165, 1.54) is 0 Å². The average Bonchev–Trinajstić information content (AvgIpc) is 2.17. The lowest BCUT2D eigenvalue weighted by Crippen LogP contribution is -2.02. The summed E-state index contributed by atoms with van der Waals surface area (Å²) < 4.78 is 5.33. The van der Waals surface area contributed by atoms with Gasteiger partial charge in [0.25, 0.3) is 0 Å². The van der Waals surface area contributed by atoms with Crippen molar-refractivity contribution < 1.29 is 4.74 Å². The number of ether oxygens (including phenoxy) is 1. The molecule has 17 heavy (non-hydrogen) atoms. The van der Waals surface area contributed by atoms with Crippen LogP contribution in [0.4, 0.5) is 0 Å². The highest BCUT2D eigenvalue weighted by atomic mass is 16.5. The second-order valence-electron chi connectivity index (χ2n) is 5.14. The Morgan fingerprint density at radius 2 is 1.94 bits per heavy atom. The van der Waals surface area contributed by atoms with E-state index in [9.17, 15) is 0 Å². The van der Waals surface area contributed by atoms with E-state index in [-0.39, 0.29) is 11.3 Å². The van der Waals surface area contributed by atoms with E-state index in [1.54, 1.807) is 6.92 Å². The van der Waals surface area contributed by atoms with Gasteiger partial charge in [0.1, 0.15) is 5.75 Å². The third kappa shape index (κ3) is 4.74. The van der Waals surface area contributed by atoms with Crippen LogP contribution in [0.25, 0.3) is 0 Å². The predicted molar refractivity (Wildman–Crippen MR) is 71.5 cm³/mol. The van der Waals surface area contributed by atoms with Gasteiger partial charge in [-0.05, 0) is 45.4 Å². The normalized spacial score (nSPS) is 10.4. The SMILES string of the molecule is CC(=N)Oc1cc(C#CC(C)(C)C)ccc1C. The molecule has 2 heteroatoms. The first-order chi connectivity index (χ1) is 7.78. The fourth-order valence-corrected chi connectivity index (χ4v) is 1.21. The number of rotatable bonds is 1. The van der Waals surface area contributed by atoms with Gasteiger partial charge in [0, 0.05) is 17.9 Å². The van der Waals surface area contributed by atoms with Crippen LogP contribution in [0.3, 0.4) is 0 Å². The van der Waals surface area contributed by atoms with Crippen molar-refractivity contribution in [3.05, 3.63) is 29.3 Å². The molecule has 0 saturated heterocycles. The molecule has 0 bridgehead atoms. The molecule has 1 aromatic carbocycles. The molecule has 0 unspecified atom stereocenters. The van der Waals surface area contributed by atoms with Crippen molar-refractivity contribution >= 4 is 5.90 Å². The summed E-state index contributed by atoms with van der Waals surface area (Å²) in [5.41, 5.74) is 1.92. The molecule has 0 heterocycles. The molecule has 0 aliphatic rings. The van der Waals surface area contributed by atoms with Crippen molar-refractivity contribution in [2.24, 2.45) is 5.41 Å². The molecule has 2 nitrogen and oxygen atoms in total. The van der Waals surface area contributed by atoms with Crippen molar-refractivity contribution in [1.29, 1.82) is 5.41 Å². The first-order valence-electron chi connectivity index (χ1n) is 5.65. The quantitative estimate of drug-likeness (QED) is 0.444. The summed E-state index contributed by atoms with van der Waals surface area (Å²) in [5.74, 6) is 7.20. The van der Waals surface area contributed by atoms with Crippen LogP contribution >= 0.6 is 0 Å². The highest BCUT2D eigenvalue weighted by Gasteiger charge is 2.05. The highest BCUT2D eigenvalue weighted by Crippen LogP contribution is 2.20. The molecule has 0 aliphatic carbocycles. The zero-order valence-corrected chi connectivity index (χ0v) is 11.1. The van der Waals surface area contributed by atoms with Gasteiger partial charge >= 0.3 is 0 Å². The van der Waals surface area contributed by atoms with Gasteiger partial charge in [-0.25, -0.2) is 0 Å². The maximum absolute atomic E-state index is 7.34. The monoisotopic (exact) mass is 229 g/mol. The van der Waals surface area contributed by atoms with Gasteiger partial charge in [-0.2, -0.15) is 0 Å². The summed E-state index contributed by atoms with van der Waals surface area (Å²) >= 11 is 0. The Labute approximate surface area is 104 Å². The molecule has 90 valence electrons. The van der Waals surface area contributed by atoms with Crippen molar-refractivity contribution in [3.63, 3.8) is 0 Å². The van der Waals surface area contributed by atoms with E-state index in [0.29, 0.717) is 5.75 Å². The second kappa shape index (κ2) is 5.05. The molecule has 0 aliphatic heterocycles. The van der Waals surface area contributed by atoms with Crippen molar-refractivity contribution in [2.45, 2.75) is 34.6 Å². The predicted octanol–water partition coefficient (Wildman–Crippen LogP) is 3.77. The van der Waals surface area contributed by atoms with E-state index >= 15 is 0 Å². The molecule has 0 atom stereocenters. The van der Waals surface area contributed by atoms with Gasteiger partial charge in [-0.15, -0.1) is 0 Å². The Morgan fingerprint density at radius 3 is 2.47 bits per heavy atom. The minimum atomic E-state index is -0.0105. The summed E-state index contributed by atoms with van der Waals surface area (Å²) in [6.45, 7) is 9.81. The maximum atomic E-state index is 7.34. The van der Waals surface area contributed by atoms with E-state index < -0.39 is 0 Å². The average molecular weight is 229 g/mol. The van der Waals surface area contributed by atoms with Crippen molar-refractivity contribution in [3.8, 4) is 17.6 Å². The second-order valence-corrected chi connectivity index (χ2v) is 5.14. The van der Waals surface area contributed by atoms with Crippen molar-refractivity contribution in [1.82, 2.24) is 0 Å². The highest BCUT2D eigenvalue weighted by molar-refractivity contribution is 5.73. The van der Waals surface area contributed by atoms with Gasteiger partial charge in [0.05, 0.1) is 0 Å². The lowest BCUT2D eigenvalue weighted by Gasteiger charge is -2.08. The molecule has 0 aromatic heterocycles. The molecule has 0 saturated carbocycles. The smallest absolute Gasteiger partial charge is 0.184 e. The molecule has 0 radical (unpaired) electrons. The minimum absolute atomic E-state index is 0.0105. The number of aryl methyl sites for hydroxylation is 1. The van der Waals surface area contributed by atoms with Gasteiger partial charge in [-0.3, -0.25) is 5.41 Å². The Kier molecular flexibility index (Phi) is 3.96. The van der Waals surface area contributed by atoms with Crippen LogP contribution in [0.5, 0.6) is 5.75 Å². The standard InChI is InChI=1S/C15H19NO/c1-11-6-7-13(8-9-15(3,4)5)10-14(11)17-12(2)16/h6-7,10,16H,1-5H3. The third-order valence-corrected chi connectivity index (χ3v) is 2.03. The number of nitrogens with one attached hydrogen (secondary N) is 1. The summed E-state index contributed by atoms with van der Waals surface area (Å²) in [7, 11) is 0. The van der Waals surface area contributed by atoms with Crippen LogP contribution < -0.4 is 4.74 Å². The summed E-state index contributed by atoms with van der Waals surface area (Å²) in [4.78, 5) is 0.